The number of rotatable bonds is 2. The zero-order valence-corrected chi connectivity index (χ0v) is 13.8. The Morgan fingerprint density at radius 3 is 2.70 bits per heavy atom. The number of halogens is 1. The lowest BCUT2D eigenvalue weighted by Crippen LogP contribution is -2.31. The highest BCUT2D eigenvalue weighted by Gasteiger charge is 2.38. The van der Waals surface area contributed by atoms with E-state index < -0.39 is 28.3 Å². The number of benzene rings is 3. The minimum absolute atomic E-state index is 0.238. The molecule has 1 heterocycles. The standard InChI is InChI=1S/C20H12FN3O3/c21-16-8-6-12(9-17(16)24(25)26)18-14-7-5-11-3-1-2-4-13(11)19(14)27-20(23)15(18)10-22/h1-9,15,18,23H. The van der Waals surface area contributed by atoms with Crippen LogP contribution in [0.15, 0.2) is 54.6 Å². The van der Waals surface area contributed by atoms with Crippen molar-refractivity contribution in [2.45, 2.75) is 5.92 Å². The second-order valence-electron chi connectivity index (χ2n) is 6.22. The molecule has 1 aliphatic rings. The summed E-state index contributed by atoms with van der Waals surface area (Å²) >= 11 is 0. The van der Waals surface area contributed by atoms with E-state index in [0.717, 1.165) is 22.9 Å². The molecule has 2 unspecified atom stereocenters. The third kappa shape index (κ3) is 2.59. The van der Waals surface area contributed by atoms with Crippen molar-refractivity contribution in [1.29, 1.82) is 10.7 Å². The quantitative estimate of drug-likeness (QED) is 0.535. The third-order valence-corrected chi connectivity index (χ3v) is 4.74. The van der Waals surface area contributed by atoms with E-state index in [-0.39, 0.29) is 5.90 Å². The molecule has 0 saturated heterocycles. The molecular weight excluding hydrogens is 349 g/mol. The molecule has 0 radical (unpaired) electrons. The molecule has 0 amide bonds. The van der Waals surface area contributed by atoms with E-state index in [2.05, 4.69) is 0 Å². The van der Waals surface area contributed by atoms with E-state index in [4.69, 9.17) is 10.1 Å². The van der Waals surface area contributed by atoms with Crippen LogP contribution < -0.4 is 4.74 Å². The van der Waals surface area contributed by atoms with Crippen molar-refractivity contribution >= 4 is 22.4 Å². The normalized spacial score (nSPS) is 18.4. The maximum absolute atomic E-state index is 13.8. The summed E-state index contributed by atoms with van der Waals surface area (Å²) in [6.45, 7) is 0. The fraction of sp³-hybridized carbons (Fsp3) is 0.100. The molecule has 3 aromatic rings. The number of nitrogens with zero attached hydrogens (tertiary/aromatic N) is 2. The summed E-state index contributed by atoms with van der Waals surface area (Å²) in [6.07, 6.45) is 0. The molecule has 0 bridgehead atoms. The molecule has 4 rings (SSSR count). The van der Waals surface area contributed by atoms with Crippen LogP contribution in [0.5, 0.6) is 5.75 Å². The van der Waals surface area contributed by atoms with Crippen molar-refractivity contribution < 1.29 is 14.1 Å². The Morgan fingerprint density at radius 2 is 1.96 bits per heavy atom. The number of nitro benzene ring substituents is 1. The summed E-state index contributed by atoms with van der Waals surface area (Å²) in [5.41, 5.74) is 0.362. The lowest BCUT2D eigenvalue weighted by molar-refractivity contribution is -0.387. The SMILES string of the molecule is N#CC1C(=N)Oc2c(ccc3ccccc23)C1c1ccc(F)c([N+](=O)[O-])c1. The average Bonchev–Trinajstić information content (AvgIpc) is 2.67. The van der Waals surface area contributed by atoms with Crippen molar-refractivity contribution in [2.24, 2.45) is 5.92 Å². The first-order valence-corrected chi connectivity index (χ1v) is 8.12. The monoisotopic (exact) mass is 361 g/mol. The van der Waals surface area contributed by atoms with Crippen molar-refractivity contribution in [1.82, 2.24) is 0 Å². The molecule has 1 aliphatic heterocycles. The van der Waals surface area contributed by atoms with Crippen LogP contribution in [0, 0.1) is 38.6 Å². The van der Waals surface area contributed by atoms with Gasteiger partial charge in [0.15, 0.2) is 0 Å². The van der Waals surface area contributed by atoms with Gasteiger partial charge in [-0.1, -0.05) is 42.5 Å². The molecular formula is C20H12FN3O3. The maximum atomic E-state index is 13.8. The van der Waals surface area contributed by atoms with E-state index in [1.807, 2.05) is 36.4 Å². The summed E-state index contributed by atoms with van der Waals surface area (Å²) < 4.78 is 19.4. The van der Waals surface area contributed by atoms with Gasteiger partial charge in [0, 0.05) is 22.9 Å². The second-order valence-corrected chi connectivity index (χ2v) is 6.22. The van der Waals surface area contributed by atoms with Gasteiger partial charge in [-0.05, 0) is 17.0 Å². The molecule has 0 aromatic heterocycles. The number of nitrogens with one attached hydrogen (secondary N) is 1. The molecule has 1 N–H and O–H groups in total. The van der Waals surface area contributed by atoms with Gasteiger partial charge in [-0.2, -0.15) is 9.65 Å². The first-order chi connectivity index (χ1) is 13.0. The Hall–Kier alpha value is -3.79. The molecule has 0 fully saturated rings. The van der Waals surface area contributed by atoms with Crippen molar-refractivity contribution in [3.63, 3.8) is 0 Å². The first kappa shape index (κ1) is 16.7. The van der Waals surface area contributed by atoms with Gasteiger partial charge >= 0.3 is 5.69 Å². The van der Waals surface area contributed by atoms with Crippen LogP contribution in [-0.4, -0.2) is 10.8 Å². The van der Waals surface area contributed by atoms with E-state index in [1.54, 1.807) is 6.07 Å². The fourth-order valence-electron chi connectivity index (χ4n) is 3.49. The number of hydrogen-bond acceptors (Lipinski definition) is 5. The van der Waals surface area contributed by atoms with Crippen LogP contribution >= 0.6 is 0 Å². The topological polar surface area (TPSA) is 100 Å². The largest absolute Gasteiger partial charge is 0.441 e. The van der Waals surface area contributed by atoms with Gasteiger partial charge in [-0.15, -0.1) is 0 Å². The zero-order valence-electron chi connectivity index (χ0n) is 13.8. The fourth-order valence-corrected chi connectivity index (χ4v) is 3.49. The van der Waals surface area contributed by atoms with Crippen molar-refractivity contribution in [3.05, 3.63) is 81.7 Å². The van der Waals surface area contributed by atoms with Crippen LogP contribution in [0.1, 0.15) is 17.0 Å². The van der Waals surface area contributed by atoms with Crippen LogP contribution in [0.25, 0.3) is 10.8 Å². The molecule has 0 aliphatic carbocycles. The van der Waals surface area contributed by atoms with Gasteiger partial charge in [0.1, 0.15) is 11.7 Å². The summed E-state index contributed by atoms with van der Waals surface area (Å²) in [5, 5.41) is 30.6. The highest BCUT2D eigenvalue weighted by Crippen LogP contribution is 2.45. The highest BCUT2D eigenvalue weighted by atomic mass is 19.1. The predicted molar refractivity (Wildman–Crippen MR) is 96.3 cm³/mol. The zero-order chi connectivity index (χ0) is 19.1. The number of fused-ring (bicyclic) bond motifs is 3. The summed E-state index contributed by atoms with van der Waals surface area (Å²) in [4.78, 5) is 10.3. The molecule has 0 spiro atoms. The van der Waals surface area contributed by atoms with Gasteiger partial charge in [-0.25, -0.2) is 0 Å². The van der Waals surface area contributed by atoms with Crippen molar-refractivity contribution in [2.75, 3.05) is 0 Å². The summed E-state index contributed by atoms with van der Waals surface area (Å²) in [6, 6.07) is 16.7. The van der Waals surface area contributed by atoms with E-state index >= 15 is 0 Å². The number of nitriles is 1. The van der Waals surface area contributed by atoms with Gasteiger partial charge in [-0.3, -0.25) is 15.5 Å². The molecule has 132 valence electrons. The van der Waals surface area contributed by atoms with Crippen LogP contribution in [0.4, 0.5) is 10.1 Å². The van der Waals surface area contributed by atoms with Gasteiger partial charge in [0.25, 0.3) is 0 Å². The van der Waals surface area contributed by atoms with Crippen LogP contribution in [-0.2, 0) is 0 Å². The minimum atomic E-state index is -0.969. The Balaban J connectivity index is 1.98. The second kappa shape index (κ2) is 6.18. The Labute approximate surface area is 153 Å². The molecule has 7 heteroatoms. The molecule has 27 heavy (non-hydrogen) atoms. The van der Waals surface area contributed by atoms with E-state index in [1.165, 1.54) is 6.07 Å². The lowest BCUT2D eigenvalue weighted by Gasteiger charge is -2.31. The van der Waals surface area contributed by atoms with Crippen molar-refractivity contribution in [3.8, 4) is 11.8 Å². The summed E-state index contributed by atoms with van der Waals surface area (Å²) in [7, 11) is 0. The molecule has 3 aromatic carbocycles. The third-order valence-electron chi connectivity index (χ3n) is 4.74. The van der Waals surface area contributed by atoms with Crippen LogP contribution in [0.3, 0.4) is 0 Å². The highest BCUT2D eigenvalue weighted by molar-refractivity contribution is 5.95. The van der Waals surface area contributed by atoms with E-state index in [9.17, 15) is 19.8 Å². The van der Waals surface area contributed by atoms with Gasteiger partial charge in [0.05, 0.1) is 11.0 Å². The number of ether oxygens (including phenoxy) is 1. The summed E-state index contributed by atoms with van der Waals surface area (Å²) in [5.74, 6) is -2.38. The predicted octanol–water partition coefficient (Wildman–Crippen LogP) is 4.53. The van der Waals surface area contributed by atoms with Crippen LogP contribution in [0.2, 0.25) is 0 Å². The number of nitro groups is 1. The number of hydrogen-bond donors (Lipinski definition) is 1. The average molecular weight is 361 g/mol. The molecule has 0 saturated carbocycles. The smallest absolute Gasteiger partial charge is 0.305 e. The minimum Gasteiger partial charge on any atom is -0.441 e. The molecule has 6 nitrogen and oxygen atoms in total. The Morgan fingerprint density at radius 1 is 1.19 bits per heavy atom. The van der Waals surface area contributed by atoms with Gasteiger partial charge in [0.2, 0.25) is 11.7 Å². The first-order valence-electron chi connectivity index (χ1n) is 8.12. The lowest BCUT2D eigenvalue weighted by atomic mass is 9.78. The van der Waals surface area contributed by atoms with Gasteiger partial charge < -0.3 is 4.74 Å². The Bertz CT molecular complexity index is 1150. The van der Waals surface area contributed by atoms with E-state index in [0.29, 0.717) is 16.9 Å². The maximum Gasteiger partial charge on any atom is 0.305 e. The molecule has 2 atom stereocenters. The Kier molecular flexibility index (Phi) is 3.81.